The lowest BCUT2D eigenvalue weighted by Gasteiger charge is -2.33. The van der Waals surface area contributed by atoms with E-state index in [0.717, 1.165) is 28.1 Å². The maximum atomic E-state index is 13.9. The van der Waals surface area contributed by atoms with Crippen LogP contribution >= 0.6 is 0 Å². The topological polar surface area (TPSA) is 74.8 Å². The highest BCUT2D eigenvalue weighted by Crippen LogP contribution is 2.25. The van der Waals surface area contributed by atoms with Crippen LogP contribution < -0.4 is 0 Å². The normalized spacial score (nSPS) is 17.1. The quantitative estimate of drug-likeness (QED) is 0.765. The van der Waals surface area contributed by atoms with Gasteiger partial charge in [-0.1, -0.05) is 23.8 Å². The van der Waals surface area contributed by atoms with Crippen LogP contribution in [0.5, 0.6) is 0 Å². The van der Waals surface area contributed by atoms with Gasteiger partial charge in [0.1, 0.15) is 11.6 Å². The molecule has 6 nitrogen and oxygen atoms in total. The largest absolute Gasteiger partial charge is 0.249 e. The highest BCUT2D eigenvalue weighted by atomic mass is 32.2. The van der Waals surface area contributed by atoms with Crippen molar-refractivity contribution in [2.24, 2.45) is 0 Å². The third-order valence-electron chi connectivity index (χ3n) is 4.37. The predicted molar refractivity (Wildman–Crippen MR) is 95.1 cm³/mol. The van der Waals surface area contributed by atoms with Gasteiger partial charge in [-0.2, -0.15) is 8.61 Å². The average molecular weight is 415 g/mol. The van der Waals surface area contributed by atoms with Gasteiger partial charge in [0.05, 0.1) is 4.90 Å². The summed E-state index contributed by atoms with van der Waals surface area (Å²) in [6.45, 7) is 1.24. The minimum absolute atomic E-state index is 0.106. The van der Waals surface area contributed by atoms with E-state index in [0.29, 0.717) is 0 Å². The van der Waals surface area contributed by atoms with Gasteiger partial charge in [0.15, 0.2) is 4.90 Å². The molecule has 2 aromatic rings. The molecule has 0 spiro atoms. The van der Waals surface area contributed by atoms with Crippen LogP contribution in [0.1, 0.15) is 5.56 Å². The molecule has 1 fully saturated rings. The number of rotatable bonds is 4. The van der Waals surface area contributed by atoms with Crippen LogP contribution in [-0.4, -0.2) is 51.6 Å². The first kappa shape index (κ1) is 19.9. The summed E-state index contributed by atoms with van der Waals surface area (Å²) in [6, 6.07) is 9.14. The van der Waals surface area contributed by atoms with Gasteiger partial charge >= 0.3 is 0 Å². The summed E-state index contributed by atoms with van der Waals surface area (Å²) in [4.78, 5) is -0.899. The zero-order valence-corrected chi connectivity index (χ0v) is 16.1. The molecule has 146 valence electrons. The molecule has 0 amide bonds. The van der Waals surface area contributed by atoms with E-state index in [4.69, 9.17) is 0 Å². The van der Waals surface area contributed by atoms with E-state index in [1.54, 1.807) is 12.1 Å². The Hall–Kier alpha value is -1.88. The molecule has 2 aromatic carbocycles. The molecule has 1 aliphatic heterocycles. The fraction of sp³-hybridized carbons (Fsp3) is 0.294. The summed E-state index contributed by atoms with van der Waals surface area (Å²) in [5, 5.41) is 0. The van der Waals surface area contributed by atoms with Crippen molar-refractivity contribution in [3.8, 4) is 0 Å². The van der Waals surface area contributed by atoms with Crippen LogP contribution in [0.4, 0.5) is 8.78 Å². The van der Waals surface area contributed by atoms with E-state index >= 15 is 0 Å². The van der Waals surface area contributed by atoms with Crippen molar-refractivity contribution in [3.05, 3.63) is 59.7 Å². The van der Waals surface area contributed by atoms with Gasteiger partial charge in [0, 0.05) is 26.2 Å². The number of benzene rings is 2. The third-order valence-corrected chi connectivity index (χ3v) is 8.24. The Bertz CT molecular complexity index is 1030. The molecule has 1 heterocycles. The molecule has 10 heteroatoms. The number of halogens is 2. The van der Waals surface area contributed by atoms with Gasteiger partial charge in [-0.25, -0.2) is 25.6 Å². The van der Waals surface area contributed by atoms with Gasteiger partial charge in [0.25, 0.3) is 0 Å². The fourth-order valence-corrected chi connectivity index (χ4v) is 5.82. The standard InChI is InChI=1S/C17H18F2N2O4S2/c1-13-5-7-14(8-6-13)26(22,23)20-9-11-21(12-10-20)27(24,25)17-15(18)3-2-4-16(17)19/h2-8H,9-12H2,1H3/i18-1. The molecule has 0 unspecified atom stereocenters. The molecule has 0 bridgehead atoms. The Morgan fingerprint density at radius 3 is 1.67 bits per heavy atom. The predicted octanol–water partition coefficient (Wildman–Crippen LogP) is 1.97. The van der Waals surface area contributed by atoms with Gasteiger partial charge in [-0.05, 0) is 31.2 Å². The Balaban J connectivity index is 1.80. The lowest BCUT2D eigenvalue weighted by Crippen LogP contribution is -2.50. The molecule has 0 atom stereocenters. The van der Waals surface area contributed by atoms with Crippen molar-refractivity contribution < 1.29 is 25.6 Å². The lowest BCUT2D eigenvalue weighted by atomic mass is 10.2. The average Bonchev–Trinajstić information content (AvgIpc) is 2.62. The molecule has 1 aliphatic rings. The van der Waals surface area contributed by atoms with E-state index in [9.17, 15) is 25.6 Å². The smallest absolute Gasteiger partial charge is 0.207 e. The monoisotopic (exact) mass is 415 g/mol. The van der Waals surface area contributed by atoms with Crippen LogP contribution in [-0.2, 0) is 20.0 Å². The van der Waals surface area contributed by atoms with Crippen LogP contribution in [0.2, 0.25) is 0 Å². The summed E-state index contributed by atoms with van der Waals surface area (Å²) < 4.78 is 80.3. The first-order chi connectivity index (χ1) is 12.6. The summed E-state index contributed by atoms with van der Waals surface area (Å²) >= 11 is 0. The Kier molecular flexibility index (Phi) is 5.35. The molecule has 1 saturated heterocycles. The van der Waals surface area contributed by atoms with Gasteiger partial charge in [-0.15, -0.1) is 0 Å². The van der Waals surface area contributed by atoms with Crippen molar-refractivity contribution in [2.75, 3.05) is 26.2 Å². The zero-order valence-electron chi connectivity index (χ0n) is 14.5. The van der Waals surface area contributed by atoms with Crippen molar-refractivity contribution in [1.29, 1.82) is 0 Å². The van der Waals surface area contributed by atoms with Crippen molar-refractivity contribution in [3.63, 3.8) is 0 Å². The highest BCUT2D eigenvalue weighted by Gasteiger charge is 2.36. The molecule has 0 saturated carbocycles. The highest BCUT2D eigenvalue weighted by molar-refractivity contribution is 7.89. The number of hydrogen-bond acceptors (Lipinski definition) is 4. The maximum absolute atomic E-state index is 13.9. The van der Waals surface area contributed by atoms with Crippen molar-refractivity contribution in [1.82, 2.24) is 8.61 Å². The number of piperazine rings is 1. The van der Waals surface area contributed by atoms with E-state index in [2.05, 4.69) is 0 Å². The van der Waals surface area contributed by atoms with E-state index in [-0.39, 0.29) is 31.1 Å². The van der Waals surface area contributed by atoms with Crippen LogP contribution in [0, 0.1) is 18.6 Å². The zero-order chi connectivity index (χ0) is 19.8. The van der Waals surface area contributed by atoms with E-state index < -0.39 is 36.6 Å². The summed E-state index contributed by atoms with van der Waals surface area (Å²) in [6.07, 6.45) is 0. The van der Waals surface area contributed by atoms with Crippen molar-refractivity contribution in [2.45, 2.75) is 16.7 Å². The SMILES string of the molecule is Cc1ccc(S(=O)(=O)N2CCN(S(=O)(=O)c3c(F)cccc3[18F])CC2)cc1. The molecule has 0 radical (unpaired) electrons. The minimum Gasteiger partial charge on any atom is -0.207 e. The second-order valence-electron chi connectivity index (χ2n) is 6.17. The second-order valence-corrected chi connectivity index (χ2v) is 9.98. The van der Waals surface area contributed by atoms with Crippen molar-refractivity contribution >= 4 is 20.0 Å². The summed E-state index contributed by atoms with van der Waals surface area (Å²) in [5.41, 5.74) is 0.914. The second kappa shape index (κ2) is 7.27. The van der Waals surface area contributed by atoms with Gasteiger partial charge in [0.2, 0.25) is 20.0 Å². The number of hydrogen-bond donors (Lipinski definition) is 0. The minimum atomic E-state index is -4.40. The number of nitrogens with zero attached hydrogens (tertiary/aromatic N) is 2. The summed E-state index contributed by atoms with van der Waals surface area (Å²) in [5.74, 6) is -2.35. The van der Waals surface area contributed by atoms with E-state index in [1.807, 2.05) is 6.92 Å². The number of sulfonamides is 2. The van der Waals surface area contributed by atoms with Gasteiger partial charge < -0.3 is 0 Å². The molecule has 0 aliphatic carbocycles. The van der Waals surface area contributed by atoms with Crippen LogP contribution in [0.25, 0.3) is 0 Å². The number of aryl methyl sites for hydroxylation is 1. The van der Waals surface area contributed by atoms with Crippen LogP contribution in [0.3, 0.4) is 0 Å². The molecular weight excluding hydrogens is 397 g/mol. The summed E-state index contributed by atoms with van der Waals surface area (Å²) in [7, 11) is -8.17. The molecular formula is C17H18F2N2O4S2. The Labute approximate surface area is 157 Å². The van der Waals surface area contributed by atoms with Gasteiger partial charge in [-0.3, -0.25) is 0 Å². The maximum Gasteiger partial charge on any atom is 0.249 e. The molecule has 0 aromatic heterocycles. The Morgan fingerprint density at radius 1 is 0.741 bits per heavy atom. The Morgan fingerprint density at radius 2 is 1.19 bits per heavy atom. The first-order valence-electron chi connectivity index (χ1n) is 8.15. The van der Waals surface area contributed by atoms with E-state index in [1.165, 1.54) is 16.4 Å². The first-order valence-corrected chi connectivity index (χ1v) is 11.0. The van der Waals surface area contributed by atoms with Crippen LogP contribution in [0.15, 0.2) is 52.3 Å². The molecule has 0 N–H and O–H groups in total. The molecule has 27 heavy (non-hydrogen) atoms. The fourth-order valence-electron chi connectivity index (χ4n) is 2.87. The third kappa shape index (κ3) is 3.75. The molecule has 3 rings (SSSR count). The lowest BCUT2D eigenvalue weighted by molar-refractivity contribution is 0.271.